The van der Waals surface area contributed by atoms with Gasteiger partial charge in [-0.15, -0.1) is 0 Å². The van der Waals surface area contributed by atoms with E-state index in [1.807, 2.05) is 11.8 Å². The molecule has 1 heteroatoms. The lowest BCUT2D eigenvalue weighted by atomic mass is 10.1. The van der Waals surface area contributed by atoms with Crippen molar-refractivity contribution in [2.24, 2.45) is 0 Å². The van der Waals surface area contributed by atoms with Crippen molar-refractivity contribution in [3.05, 3.63) is 57.6 Å². The minimum absolute atomic E-state index is 1.34. The summed E-state index contributed by atoms with van der Waals surface area (Å²) >= 11 is 1.90. The zero-order valence-electron chi connectivity index (χ0n) is 12.7. The Bertz CT molecular complexity index is 601. The molecule has 0 aliphatic carbocycles. The topological polar surface area (TPSA) is 0 Å². The fraction of sp³-hybridized carbons (Fsp3) is 0.333. The highest BCUT2D eigenvalue weighted by atomic mass is 32.2. The predicted octanol–water partition coefficient (Wildman–Crippen LogP) is 5.69. The Balaban J connectivity index is 2.45. The largest absolute Gasteiger partial charge is 0.0893 e. The highest BCUT2D eigenvalue weighted by Crippen LogP contribution is 2.36. The fourth-order valence-electron chi connectivity index (χ4n) is 2.48. The molecule has 0 amide bonds. The highest BCUT2D eigenvalue weighted by molar-refractivity contribution is 7.99. The van der Waals surface area contributed by atoms with Crippen molar-refractivity contribution >= 4 is 11.8 Å². The molecule has 0 aliphatic heterocycles. The van der Waals surface area contributed by atoms with Gasteiger partial charge in [0.25, 0.3) is 0 Å². The molecule has 19 heavy (non-hydrogen) atoms. The molecule has 100 valence electrons. The van der Waals surface area contributed by atoms with Crippen molar-refractivity contribution in [3.63, 3.8) is 0 Å². The Hall–Kier alpha value is -1.21. The molecule has 0 radical (unpaired) electrons. The van der Waals surface area contributed by atoms with Gasteiger partial charge in [-0.05, 0) is 75.4 Å². The van der Waals surface area contributed by atoms with Crippen LogP contribution in [0.15, 0.2) is 34.1 Å². The van der Waals surface area contributed by atoms with Gasteiger partial charge in [0.15, 0.2) is 0 Å². The summed E-state index contributed by atoms with van der Waals surface area (Å²) in [4.78, 5) is 2.77. The van der Waals surface area contributed by atoms with Gasteiger partial charge >= 0.3 is 0 Å². The maximum Gasteiger partial charge on any atom is 0.0181 e. The number of hydrogen-bond acceptors (Lipinski definition) is 1. The molecule has 0 heterocycles. The number of aryl methyl sites for hydroxylation is 6. The molecule has 0 saturated heterocycles. The fourth-order valence-corrected chi connectivity index (χ4v) is 3.60. The van der Waals surface area contributed by atoms with Crippen LogP contribution in [-0.2, 0) is 0 Å². The van der Waals surface area contributed by atoms with E-state index in [4.69, 9.17) is 0 Å². The second kappa shape index (κ2) is 5.42. The van der Waals surface area contributed by atoms with Gasteiger partial charge < -0.3 is 0 Å². The van der Waals surface area contributed by atoms with Crippen LogP contribution < -0.4 is 0 Å². The van der Waals surface area contributed by atoms with E-state index in [9.17, 15) is 0 Å². The molecule has 2 aromatic carbocycles. The minimum Gasteiger partial charge on any atom is -0.0893 e. The summed E-state index contributed by atoms with van der Waals surface area (Å²) in [6.45, 7) is 13.1. The summed E-state index contributed by atoms with van der Waals surface area (Å²) in [5, 5.41) is 0. The third-order valence-electron chi connectivity index (χ3n) is 3.61. The summed E-state index contributed by atoms with van der Waals surface area (Å²) in [6, 6.07) is 9.14. The van der Waals surface area contributed by atoms with E-state index in [0.717, 1.165) is 0 Å². The third kappa shape index (κ3) is 3.03. The van der Waals surface area contributed by atoms with Crippen LogP contribution in [0.25, 0.3) is 0 Å². The average Bonchev–Trinajstić information content (AvgIpc) is 2.29. The monoisotopic (exact) mass is 270 g/mol. The molecule has 0 fully saturated rings. The van der Waals surface area contributed by atoms with Crippen LogP contribution in [0.1, 0.15) is 33.4 Å². The first-order valence-electron chi connectivity index (χ1n) is 6.72. The first-order chi connectivity index (χ1) is 8.88. The van der Waals surface area contributed by atoms with Crippen LogP contribution in [0.2, 0.25) is 0 Å². The van der Waals surface area contributed by atoms with E-state index >= 15 is 0 Å². The molecule has 0 spiro atoms. The van der Waals surface area contributed by atoms with Gasteiger partial charge in [0, 0.05) is 9.79 Å². The quantitative estimate of drug-likeness (QED) is 0.675. The minimum atomic E-state index is 1.34. The molecule has 0 atom stereocenters. The Labute approximate surface area is 121 Å². The van der Waals surface area contributed by atoms with E-state index in [1.54, 1.807) is 0 Å². The smallest absolute Gasteiger partial charge is 0.0181 e. The van der Waals surface area contributed by atoms with E-state index in [-0.39, 0.29) is 0 Å². The van der Waals surface area contributed by atoms with Crippen LogP contribution in [-0.4, -0.2) is 0 Å². The van der Waals surface area contributed by atoms with E-state index < -0.39 is 0 Å². The summed E-state index contributed by atoms with van der Waals surface area (Å²) in [6.07, 6.45) is 0. The Kier molecular flexibility index (Phi) is 4.05. The Morgan fingerprint density at radius 3 is 1.68 bits per heavy atom. The molecule has 2 rings (SSSR count). The average molecular weight is 270 g/mol. The lowest BCUT2D eigenvalue weighted by Crippen LogP contribution is -1.91. The number of hydrogen-bond donors (Lipinski definition) is 0. The lowest BCUT2D eigenvalue weighted by Gasteiger charge is -2.14. The number of benzene rings is 2. The maximum atomic E-state index is 2.31. The molecule has 0 unspecified atom stereocenters. The van der Waals surface area contributed by atoms with Crippen LogP contribution in [0.5, 0.6) is 0 Å². The van der Waals surface area contributed by atoms with Gasteiger partial charge in [0.2, 0.25) is 0 Å². The van der Waals surface area contributed by atoms with Gasteiger partial charge in [-0.2, -0.15) is 0 Å². The van der Waals surface area contributed by atoms with Crippen LogP contribution in [0.3, 0.4) is 0 Å². The van der Waals surface area contributed by atoms with Crippen molar-refractivity contribution in [2.45, 2.75) is 51.3 Å². The molecular formula is C18H22S. The van der Waals surface area contributed by atoms with Gasteiger partial charge in [-0.3, -0.25) is 0 Å². The standard InChI is InChI=1S/C18H22S/c1-11-7-15(5)18(16(6)8-11)19-17-10-13(3)12(2)9-14(17)4/h7-10H,1-6H3. The molecule has 2 aromatic rings. The second-order valence-electron chi connectivity index (χ2n) is 5.53. The van der Waals surface area contributed by atoms with Crippen LogP contribution in [0, 0.1) is 41.5 Å². The van der Waals surface area contributed by atoms with Crippen LogP contribution in [0.4, 0.5) is 0 Å². The SMILES string of the molecule is Cc1cc(C)c(Sc2cc(C)c(C)cc2C)c(C)c1. The van der Waals surface area contributed by atoms with Crippen LogP contribution >= 0.6 is 11.8 Å². The van der Waals surface area contributed by atoms with Gasteiger partial charge in [0.1, 0.15) is 0 Å². The van der Waals surface area contributed by atoms with E-state index in [0.29, 0.717) is 0 Å². The summed E-state index contributed by atoms with van der Waals surface area (Å²) < 4.78 is 0. The summed E-state index contributed by atoms with van der Waals surface area (Å²) in [5.41, 5.74) is 8.21. The zero-order valence-corrected chi connectivity index (χ0v) is 13.5. The molecule has 0 nitrogen and oxygen atoms in total. The lowest BCUT2D eigenvalue weighted by molar-refractivity contribution is 1.17. The molecule has 0 saturated carbocycles. The molecule has 0 aliphatic rings. The van der Waals surface area contributed by atoms with Gasteiger partial charge in [0.05, 0.1) is 0 Å². The van der Waals surface area contributed by atoms with Gasteiger partial charge in [-0.25, -0.2) is 0 Å². The van der Waals surface area contributed by atoms with E-state index in [2.05, 4.69) is 65.8 Å². The van der Waals surface area contributed by atoms with Crippen molar-refractivity contribution in [2.75, 3.05) is 0 Å². The van der Waals surface area contributed by atoms with Crippen molar-refractivity contribution in [1.82, 2.24) is 0 Å². The van der Waals surface area contributed by atoms with E-state index in [1.165, 1.54) is 43.2 Å². The molecular weight excluding hydrogens is 248 g/mol. The first-order valence-corrected chi connectivity index (χ1v) is 7.53. The normalized spacial score (nSPS) is 10.8. The number of rotatable bonds is 2. The first kappa shape index (κ1) is 14.2. The summed E-state index contributed by atoms with van der Waals surface area (Å²) in [7, 11) is 0. The van der Waals surface area contributed by atoms with Gasteiger partial charge in [-0.1, -0.05) is 35.5 Å². The molecule has 0 bridgehead atoms. The highest BCUT2D eigenvalue weighted by Gasteiger charge is 2.09. The maximum absolute atomic E-state index is 2.31. The van der Waals surface area contributed by atoms with Crippen molar-refractivity contribution in [1.29, 1.82) is 0 Å². The summed E-state index contributed by atoms with van der Waals surface area (Å²) in [5.74, 6) is 0. The second-order valence-corrected chi connectivity index (χ2v) is 6.58. The van der Waals surface area contributed by atoms with Crippen molar-refractivity contribution in [3.8, 4) is 0 Å². The Morgan fingerprint density at radius 2 is 1.11 bits per heavy atom. The van der Waals surface area contributed by atoms with Crippen molar-refractivity contribution < 1.29 is 0 Å². The Morgan fingerprint density at radius 1 is 0.579 bits per heavy atom. The predicted molar refractivity (Wildman–Crippen MR) is 85.4 cm³/mol. The zero-order chi connectivity index (χ0) is 14.2. The third-order valence-corrected chi connectivity index (χ3v) is 5.12. The molecule has 0 N–H and O–H groups in total. The molecule has 0 aromatic heterocycles.